The van der Waals surface area contributed by atoms with Gasteiger partial charge >= 0.3 is 0 Å². The minimum absolute atomic E-state index is 0.00547. The average molecular weight is 263 g/mol. The Morgan fingerprint density at radius 2 is 2.16 bits per heavy atom. The van der Waals surface area contributed by atoms with Crippen molar-refractivity contribution in [2.24, 2.45) is 0 Å². The minimum atomic E-state index is -0.181. The van der Waals surface area contributed by atoms with Crippen molar-refractivity contribution in [3.05, 3.63) is 34.2 Å². The molecule has 5 nitrogen and oxygen atoms in total. The zero-order valence-electron chi connectivity index (χ0n) is 11.6. The monoisotopic (exact) mass is 263 g/mol. The molecule has 1 aromatic heterocycles. The van der Waals surface area contributed by atoms with Crippen LogP contribution < -0.4 is 5.56 Å². The number of nitrogens with zero attached hydrogens (tertiary/aromatic N) is 2. The lowest BCUT2D eigenvalue weighted by molar-refractivity contribution is 0.0777. The number of nitrogens with one attached hydrogen (secondary N) is 1. The predicted molar refractivity (Wildman–Crippen MR) is 74.3 cm³/mol. The summed E-state index contributed by atoms with van der Waals surface area (Å²) >= 11 is 0. The van der Waals surface area contributed by atoms with Crippen molar-refractivity contribution in [2.75, 3.05) is 26.2 Å². The van der Waals surface area contributed by atoms with E-state index in [0.29, 0.717) is 11.6 Å². The average Bonchev–Trinajstić information content (AvgIpc) is 2.90. The number of amides is 1. The lowest BCUT2D eigenvalue weighted by Gasteiger charge is -2.26. The lowest BCUT2D eigenvalue weighted by atomic mass is 10.2. The Balaban J connectivity index is 2.02. The highest BCUT2D eigenvalue weighted by molar-refractivity contribution is 5.94. The van der Waals surface area contributed by atoms with Crippen LogP contribution in [-0.4, -0.2) is 52.9 Å². The first-order valence-corrected chi connectivity index (χ1v) is 6.87. The highest BCUT2D eigenvalue weighted by atomic mass is 16.2. The molecular formula is C14H21N3O2. The van der Waals surface area contributed by atoms with Crippen molar-refractivity contribution in [1.29, 1.82) is 0 Å². The van der Waals surface area contributed by atoms with E-state index in [1.54, 1.807) is 6.07 Å². The van der Waals surface area contributed by atoms with Crippen LogP contribution in [-0.2, 0) is 0 Å². The van der Waals surface area contributed by atoms with E-state index in [4.69, 9.17) is 0 Å². The van der Waals surface area contributed by atoms with Gasteiger partial charge in [0.25, 0.3) is 5.91 Å². The number of aromatic amines is 1. The summed E-state index contributed by atoms with van der Waals surface area (Å²) in [5, 5.41) is 0. The first kappa shape index (κ1) is 13.8. The van der Waals surface area contributed by atoms with Gasteiger partial charge in [-0.1, -0.05) is 13.8 Å². The zero-order chi connectivity index (χ0) is 13.8. The number of H-pyrrole nitrogens is 1. The smallest absolute Gasteiger partial charge is 0.255 e. The Morgan fingerprint density at radius 3 is 2.74 bits per heavy atom. The molecule has 2 rings (SSSR count). The van der Waals surface area contributed by atoms with Crippen LogP contribution in [0.3, 0.4) is 0 Å². The van der Waals surface area contributed by atoms with Gasteiger partial charge in [0.15, 0.2) is 0 Å². The number of carbonyl (C=O) groups is 1. The van der Waals surface area contributed by atoms with Crippen molar-refractivity contribution in [3.8, 4) is 0 Å². The number of likely N-dealkylation sites (N-methyl/N-ethyl adjacent to an activating group) is 1. The molecule has 1 aromatic rings. The van der Waals surface area contributed by atoms with Crippen LogP contribution in [0, 0.1) is 0 Å². The van der Waals surface area contributed by atoms with E-state index in [1.807, 2.05) is 4.90 Å². The van der Waals surface area contributed by atoms with Crippen LogP contribution in [0.1, 0.15) is 30.6 Å². The molecule has 0 aliphatic carbocycles. The fourth-order valence-corrected chi connectivity index (χ4v) is 2.69. The van der Waals surface area contributed by atoms with Crippen molar-refractivity contribution in [1.82, 2.24) is 14.8 Å². The molecule has 0 saturated carbocycles. The molecule has 0 aromatic carbocycles. The standard InChI is InChI=1S/C14H21N3O2/c1-3-16(4-2)12-7-8-17(10-12)14(19)11-5-6-13(18)15-9-11/h5-6,9,12H,3-4,7-8,10H2,1-2H3,(H,15,18). The SMILES string of the molecule is CCN(CC)C1CCN(C(=O)c2ccc(=O)[nH]c2)C1. The second-order valence-electron chi connectivity index (χ2n) is 4.86. The van der Waals surface area contributed by atoms with E-state index in [2.05, 4.69) is 23.7 Å². The maximum atomic E-state index is 12.3. The highest BCUT2D eigenvalue weighted by Gasteiger charge is 2.29. The Labute approximate surface area is 113 Å². The number of pyridine rings is 1. The molecule has 1 amide bonds. The van der Waals surface area contributed by atoms with Crippen molar-refractivity contribution in [3.63, 3.8) is 0 Å². The Hall–Kier alpha value is -1.62. The van der Waals surface area contributed by atoms with Crippen LogP contribution in [0.5, 0.6) is 0 Å². The van der Waals surface area contributed by atoms with Crippen LogP contribution in [0.25, 0.3) is 0 Å². The minimum Gasteiger partial charge on any atom is -0.337 e. The Kier molecular flexibility index (Phi) is 4.37. The van der Waals surface area contributed by atoms with E-state index in [-0.39, 0.29) is 11.5 Å². The molecule has 1 N–H and O–H groups in total. The van der Waals surface area contributed by atoms with Gasteiger partial charge in [-0.15, -0.1) is 0 Å². The number of carbonyl (C=O) groups excluding carboxylic acids is 1. The number of hydrogen-bond acceptors (Lipinski definition) is 3. The molecule has 1 aliphatic heterocycles. The molecule has 1 fully saturated rings. The second kappa shape index (κ2) is 6.02. The maximum Gasteiger partial charge on any atom is 0.255 e. The van der Waals surface area contributed by atoms with Gasteiger partial charge in [0.05, 0.1) is 5.56 Å². The molecule has 1 atom stereocenters. The van der Waals surface area contributed by atoms with Crippen LogP contribution >= 0.6 is 0 Å². The van der Waals surface area contributed by atoms with Crippen molar-refractivity contribution >= 4 is 5.91 Å². The van der Waals surface area contributed by atoms with Crippen molar-refractivity contribution < 1.29 is 4.79 Å². The predicted octanol–water partition coefficient (Wildman–Crippen LogP) is 0.931. The van der Waals surface area contributed by atoms with Gasteiger partial charge in [-0.25, -0.2) is 0 Å². The van der Waals surface area contributed by atoms with Gasteiger partial charge in [-0.3, -0.25) is 14.5 Å². The third-order valence-corrected chi connectivity index (χ3v) is 3.81. The van der Waals surface area contributed by atoms with E-state index in [1.165, 1.54) is 12.3 Å². The summed E-state index contributed by atoms with van der Waals surface area (Å²) in [6.45, 7) is 7.90. The molecule has 1 unspecified atom stereocenters. The van der Waals surface area contributed by atoms with Crippen LogP contribution in [0.15, 0.2) is 23.1 Å². The molecule has 0 spiro atoms. The number of hydrogen-bond donors (Lipinski definition) is 1. The summed E-state index contributed by atoms with van der Waals surface area (Å²) < 4.78 is 0. The summed E-state index contributed by atoms with van der Waals surface area (Å²) in [5.74, 6) is 0.00547. The fourth-order valence-electron chi connectivity index (χ4n) is 2.69. The molecule has 2 heterocycles. The summed E-state index contributed by atoms with van der Waals surface area (Å²) in [6, 6.07) is 3.44. The van der Waals surface area contributed by atoms with Gasteiger partial charge in [0.1, 0.15) is 0 Å². The summed E-state index contributed by atoms with van der Waals surface area (Å²) in [4.78, 5) is 30.1. The summed E-state index contributed by atoms with van der Waals surface area (Å²) in [6.07, 6.45) is 2.52. The molecule has 1 saturated heterocycles. The lowest BCUT2D eigenvalue weighted by Crippen LogP contribution is -2.38. The topological polar surface area (TPSA) is 56.4 Å². The summed E-state index contributed by atoms with van der Waals surface area (Å²) in [5.41, 5.74) is 0.374. The zero-order valence-corrected chi connectivity index (χ0v) is 11.6. The van der Waals surface area contributed by atoms with Crippen LogP contribution in [0.4, 0.5) is 0 Å². The number of aromatic nitrogens is 1. The van der Waals surface area contributed by atoms with Gasteiger partial charge in [0, 0.05) is 31.4 Å². The van der Waals surface area contributed by atoms with Gasteiger partial charge < -0.3 is 9.88 Å². The third-order valence-electron chi connectivity index (χ3n) is 3.81. The largest absolute Gasteiger partial charge is 0.337 e. The summed E-state index contributed by atoms with van der Waals surface area (Å²) in [7, 11) is 0. The van der Waals surface area contributed by atoms with Gasteiger partial charge in [-0.2, -0.15) is 0 Å². The normalized spacial score (nSPS) is 19.1. The Morgan fingerprint density at radius 1 is 1.42 bits per heavy atom. The van der Waals surface area contributed by atoms with Crippen molar-refractivity contribution in [2.45, 2.75) is 26.3 Å². The quantitative estimate of drug-likeness (QED) is 0.879. The van der Waals surface area contributed by atoms with Crippen LogP contribution in [0.2, 0.25) is 0 Å². The van der Waals surface area contributed by atoms with E-state index >= 15 is 0 Å². The Bertz CT molecular complexity index is 473. The first-order chi connectivity index (χ1) is 9.15. The van der Waals surface area contributed by atoms with Gasteiger partial charge in [0.2, 0.25) is 5.56 Å². The molecule has 0 radical (unpaired) electrons. The van der Waals surface area contributed by atoms with E-state index in [9.17, 15) is 9.59 Å². The molecular weight excluding hydrogens is 242 g/mol. The maximum absolute atomic E-state index is 12.3. The molecule has 0 bridgehead atoms. The fraction of sp³-hybridized carbons (Fsp3) is 0.571. The van der Waals surface area contributed by atoms with E-state index < -0.39 is 0 Å². The molecule has 1 aliphatic rings. The number of likely N-dealkylation sites (tertiary alicyclic amines) is 1. The highest BCUT2D eigenvalue weighted by Crippen LogP contribution is 2.17. The number of rotatable bonds is 4. The first-order valence-electron chi connectivity index (χ1n) is 6.87. The molecule has 19 heavy (non-hydrogen) atoms. The van der Waals surface area contributed by atoms with Gasteiger partial charge in [-0.05, 0) is 25.6 Å². The molecule has 104 valence electrons. The third kappa shape index (κ3) is 3.04. The second-order valence-corrected chi connectivity index (χ2v) is 4.86. The molecule has 5 heteroatoms. The van der Waals surface area contributed by atoms with E-state index in [0.717, 1.165) is 32.6 Å².